The Morgan fingerprint density at radius 2 is 1.53 bits per heavy atom. The van der Waals surface area contributed by atoms with Crippen molar-refractivity contribution in [3.05, 3.63) is 106 Å². The standard InChI is InChI=1S/C26H19ClN2O3/c1-26-18-11-4-2-9-16(18)20(17-10-3-5-12-19(17)26)21-22(26)25(32)29(24(21)31)28-23(30)14-7-6-8-15(27)13-14/h2-13,20-22H,1H3,(H,28,30)/t20?,21-,22-,26?/m0/s1. The first-order valence-corrected chi connectivity index (χ1v) is 10.9. The number of hydrazine groups is 1. The number of hydrogen-bond donors (Lipinski definition) is 1. The zero-order valence-electron chi connectivity index (χ0n) is 17.2. The van der Waals surface area contributed by atoms with Crippen LogP contribution < -0.4 is 5.43 Å². The van der Waals surface area contributed by atoms with Gasteiger partial charge in [0.05, 0.1) is 11.8 Å². The summed E-state index contributed by atoms with van der Waals surface area (Å²) in [6.45, 7) is 2.05. The molecule has 6 heteroatoms. The van der Waals surface area contributed by atoms with Crippen molar-refractivity contribution in [1.82, 2.24) is 10.4 Å². The molecule has 1 heterocycles. The SMILES string of the molecule is CC12c3ccccc3C(c3ccccc31)[C@@H]1C(=O)N(NC(=O)c3cccc(Cl)c3)C(=O)[C@H]12. The highest BCUT2D eigenvalue weighted by Crippen LogP contribution is 2.63. The van der Waals surface area contributed by atoms with E-state index < -0.39 is 23.2 Å². The molecular formula is C26H19ClN2O3. The summed E-state index contributed by atoms with van der Waals surface area (Å²) in [7, 11) is 0. The number of nitrogens with one attached hydrogen (secondary N) is 1. The van der Waals surface area contributed by atoms with Crippen LogP contribution in [0.5, 0.6) is 0 Å². The van der Waals surface area contributed by atoms with Gasteiger partial charge in [-0.1, -0.05) is 73.1 Å². The maximum atomic E-state index is 13.7. The average Bonchev–Trinajstić information content (AvgIpc) is 3.05. The van der Waals surface area contributed by atoms with Crippen molar-refractivity contribution >= 4 is 29.3 Å². The third-order valence-electron chi connectivity index (χ3n) is 7.34. The number of hydrogen-bond acceptors (Lipinski definition) is 3. The summed E-state index contributed by atoms with van der Waals surface area (Å²) in [5.41, 5.74) is 6.50. The minimum atomic E-state index is -0.658. The zero-order valence-corrected chi connectivity index (χ0v) is 18.0. The molecule has 3 aromatic carbocycles. The number of carbonyl (C=O) groups excluding carboxylic acids is 3. The molecule has 32 heavy (non-hydrogen) atoms. The topological polar surface area (TPSA) is 66.5 Å². The Hall–Kier alpha value is -3.44. The number of benzene rings is 3. The van der Waals surface area contributed by atoms with Gasteiger partial charge in [-0.2, -0.15) is 5.01 Å². The molecule has 1 N–H and O–H groups in total. The number of rotatable bonds is 2. The van der Waals surface area contributed by atoms with Gasteiger partial charge in [-0.05, 0) is 40.5 Å². The first-order chi connectivity index (χ1) is 15.4. The van der Waals surface area contributed by atoms with Gasteiger partial charge >= 0.3 is 0 Å². The van der Waals surface area contributed by atoms with Gasteiger partial charge in [0.15, 0.2) is 0 Å². The van der Waals surface area contributed by atoms with Crippen molar-refractivity contribution in [1.29, 1.82) is 0 Å². The lowest BCUT2D eigenvalue weighted by Crippen LogP contribution is -2.52. The zero-order chi connectivity index (χ0) is 22.2. The lowest BCUT2D eigenvalue weighted by Gasteiger charge is -2.52. The van der Waals surface area contributed by atoms with E-state index in [1.807, 2.05) is 31.2 Å². The van der Waals surface area contributed by atoms with E-state index in [1.165, 1.54) is 6.07 Å². The highest BCUT2D eigenvalue weighted by atomic mass is 35.5. The lowest BCUT2D eigenvalue weighted by atomic mass is 9.48. The van der Waals surface area contributed by atoms with Crippen LogP contribution in [0.4, 0.5) is 0 Å². The lowest BCUT2D eigenvalue weighted by molar-refractivity contribution is -0.143. The monoisotopic (exact) mass is 442 g/mol. The van der Waals surface area contributed by atoms with E-state index in [1.54, 1.807) is 18.2 Å². The van der Waals surface area contributed by atoms with Crippen LogP contribution in [0.3, 0.4) is 0 Å². The third-order valence-corrected chi connectivity index (χ3v) is 7.58. The Morgan fingerprint density at radius 1 is 0.906 bits per heavy atom. The number of imide groups is 1. The van der Waals surface area contributed by atoms with Crippen molar-refractivity contribution in [2.45, 2.75) is 18.3 Å². The number of carbonyl (C=O) groups is 3. The fourth-order valence-electron chi connectivity index (χ4n) is 6.06. The van der Waals surface area contributed by atoms with Crippen LogP contribution >= 0.6 is 11.6 Å². The molecule has 0 radical (unpaired) electrons. The van der Waals surface area contributed by atoms with E-state index in [0.29, 0.717) is 5.02 Å². The summed E-state index contributed by atoms with van der Waals surface area (Å²) in [6, 6.07) is 22.5. The molecule has 1 saturated heterocycles. The van der Waals surface area contributed by atoms with Gasteiger partial charge in [-0.3, -0.25) is 19.8 Å². The molecule has 7 rings (SSSR count). The summed E-state index contributed by atoms with van der Waals surface area (Å²) in [4.78, 5) is 40.1. The molecule has 3 amide bonds. The quantitative estimate of drug-likeness (QED) is 0.609. The van der Waals surface area contributed by atoms with Crippen molar-refractivity contribution < 1.29 is 14.4 Å². The molecule has 3 aliphatic carbocycles. The Morgan fingerprint density at radius 3 is 2.16 bits per heavy atom. The Kier molecular flexibility index (Phi) is 3.93. The normalized spacial score (nSPS) is 27.1. The molecule has 4 aliphatic rings. The maximum Gasteiger partial charge on any atom is 0.270 e. The second kappa shape index (κ2) is 6.53. The van der Waals surface area contributed by atoms with Crippen LogP contribution in [0.1, 0.15) is 45.5 Å². The fourth-order valence-corrected chi connectivity index (χ4v) is 6.25. The minimum absolute atomic E-state index is 0.223. The predicted octanol–water partition coefficient (Wildman–Crippen LogP) is 4.05. The van der Waals surface area contributed by atoms with Crippen LogP contribution in [0, 0.1) is 11.8 Å². The molecule has 1 aliphatic heterocycles. The first-order valence-electron chi connectivity index (χ1n) is 10.6. The molecule has 0 saturated carbocycles. The number of halogens is 1. The number of amides is 3. The third kappa shape index (κ3) is 2.32. The van der Waals surface area contributed by atoms with E-state index in [-0.39, 0.29) is 23.3 Å². The van der Waals surface area contributed by atoms with E-state index >= 15 is 0 Å². The van der Waals surface area contributed by atoms with Gasteiger partial charge < -0.3 is 0 Å². The van der Waals surface area contributed by atoms with Gasteiger partial charge in [-0.25, -0.2) is 0 Å². The second-order valence-electron chi connectivity index (χ2n) is 8.82. The molecule has 1 fully saturated rings. The predicted molar refractivity (Wildman–Crippen MR) is 119 cm³/mol. The van der Waals surface area contributed by atoms with Crippen LogP contribution in [0.25, 0.3) is 0 Å². The van der Waals surface area contributed by atoms with Crippen LogP contribution in [0.15, 0.2) is 72.8 Å². The minimum Gasteiger partial charge on any atom is -0.272 e. The fraction of sp³-hybridized carbons (Fsp3) is 0.192. The largest absolute Gasteiger partial charge is 0.272 e. The highest BCUT2D eigenvalue weighted by molar-refractivity contribution is 6.31. The second-order valence-corrected chi connectivity index (χ2v) is 9.26. The highest BCUT2D eigenvalue weighted by Gasteiger charge is 2.66. The summed E-state index contributed by atoms with van der Waals surface area (Å²) in [5, 5.41) is 1.34. The van der Waals surface area contributed by atoms with Gasteiger partial charge in [0, 0.05) is 21.9 Å². The summed E-state index contributed by atoms with van der Waals surface area (Å²) in [5.74, 6) is -2.64. The molecule has 158 valence electrons. The van der Waals surface area contributed by atoms with Gasteiger partial charge in [0.2, 0.25) is 0 Å². The van der Waals surface area contributed by atoms with Crippen LogP contribution in [0.2, 0.25) is 5.02 Å². The van der Waals surface area contributed by atoms with Crippen molar-refractivity contribution in [2.75, 3.05) is 0 Å². The van der Waals surface area contributed by atoms with Gasteiger partial charge in [-0.15, -0.1) is 0 Å². The van der Waals surface area contributed by atoms with Crippen molar-refractivity contribution in [3.63, 3.8) is 0 Å². The molecule has 2 atom stereocenters. The number of nitrogens with zero attached hydrogens (tertiary/aromatic N) is 1. The van der Waals surface area contributed by atoms with E-state index in [4.69, 9.17) is 11.6 Å². The van der Waals surface area contributed by atoms with E-state index in [2.05, 4.69) is 29.7 Å². The van der Waals surface area contributed by atoms with E-state index in [9.17, 15) is 14.4 Å². The maximum absolute atomic E-state index is 13.7. The molecule has 0 unspecified atom stereocenters. The smallest absolute Gasteiger partial charge is 0.270 e. The summed E-state index contributed by atoms with van der Waals surface area (Å²) in [6.07, 6.45) is 0. The van der Waals surface area contributed by atoms with Crippen molar-refractivity contribution in [3.8, 4) is 0 Å². The first kappa shape index (κ1) is 19.3. The Balaban J connectivity index is 1.46. The molecule has 0 spiro atoms. The van der Waals surface area contributed by atoms with Gasteiger partial charge in [0.1, 0.15) is 0 Å². The van der Waals surface area contributed by atoms with Crippen LogP contribution in [-0.2, 0) is 15.0 Å². The molecule has 3 aromatic rings. The molecular weight excluding hydrogens is 424 g/mol. The molecule has 2 bridgehead atoms. The van der Waals surface area contributed by atoms with Crippen LogP contribution in [-0.4, -0.2) is 22.7 Å². The average molecular weight is 443 g/mol. The van der Waals surface area contributed by atoms with Gasteiger partial charge in [0.25, 0.3) is 17.7 Å². The molecule has 5 nitrogen and oxygen atoms in total. The summed E-state index contributed by atoms with van der Waals surface area (Å²) >= 11 is 6.00. The molecule has 0 aromatic heterocycles. The van der Waals surface area contributed by atoms with Crippen molar-refractivity contribution in [2.24, 2.45) is 11.8 Å². The Bertz CT molecular complexity index is 1290. The summed E-state index contributed by atoms with van der Waals surface area (Å²) < 4.78 is 0. The Labute approximate surface area is 190 Å². The van der Waals surface area contributed by atoms with E-state index in [0.717, 1.165) is 27.3 Å².